The Morgan fingerprint density at radius 1 is 1.25 bits per heavy atom. The third-order valence-electron chi connectivity index (χ3n) is 4.64. The van der Waals surface area contributed by atoms with Gasteiger partial charge in [0.15, 0.2) is 11.5 Å². The second-order valence-corrected chi connectivity index (χ2v) is 5.70. The molecule has 1 aromatic rings. The summed E-state index contributed by atoms with van der Waals surface area (Å²) < 4.78 is 11.4. The molecule has 0 radical (unpaired) electrons. The molecule has 20 heavy (non-hydrogen) atoms. The molecule has 0 fully saturated rings. The Balaban J connectivity index is 1.96. The maximum absolute atomic E-state index is 5.78. The second kappa shape index (κ2) is 3.69. The van der Waals surface area contributed by atoms with Crippen LogP contribution in [-0.2, 0) is 0 Å². The molecule has 1 unspecified atom stereocenters. The van der Waals surface area contributed by atoms with Crippen LogP contribution >= 0.6 is 0 Å². The fraction of sp³-hybridized carbons (Fsp3) is 0.294. The van der Waals surface area contributed by atoms with Crippen molar-refractivity contribution in [3.8, 4) is 11.5 Å². The van der Waals surface area contributed by atoms with Gasteiger partial charge in [0.2, 0.25) is 6.79 Å². The van der Waals surface area contributed by atoms with Crippen molar-refractivity contribution in [1.82, 2.24) is 5.32 Å². The van der Waals surface area contributed by atoms with Gasteiger partial charge < -0.3 is 14.8 Å². The smallest absolute Gasteiger partial charge is 0.231 e. The molecule has 2 aliphatic carbocycles. The van der Waals surface area contributed by atoms with E-state index in [1.54, 1.807) is 0 Å². The molecule has 0 spiro atoms. The van der Waals surface area contributed by atoms with Crippen LogP contribution in [0.15, 0.2) is 24.3 Å². The lowest BCUT2D eigenvalue weighted by atomic mass is 9.77. The Morgan fingerprint density at radius 3 is 3.25 bits per heavy atom. The Bertz CT molecular complexity index is 801. The zero-order valence-electron chi connectivity index (χ0n) is 11.1. The summed E-state index contributed by atoms with van der Waals surface area (Å²) in [6, 6.07) is 2.13. The Kier molecular flexibility index (Phi) is 1.96. The van der Waals surface area contributed by atoms with E-state index in [0.29, 0.717) is 12.7 Å². The predicted octanol–water partition coefficient (Wildman–Crippen LogP) is 1.27. The number of allylic oxidation sites excluding steroid dienone is 4. The molecule has 2 heterocycles. The van der Waals surface area contributed by atoms with Crippen molar-refractivity contribution in [2.45, 2.75) is 12.8 Å². The van der Waals surface area contributed by atoms with E-state index >= 15 is 0 Å². The Morgan fingerprint density at radius 2 is 2.25 bits per heavy atom. The fourth-order valence-corrected chi connectivity index (χ4v) is 3.78. The highest BCUT2D eigenvalue weighted by Gasteiger charge is 2.32. The highest BCUT2D eigenvalue weighted by Crippen LogP contribution is 2.43. The number of ether oxygens (including phenoxy) is 2. The molecule has 1 N–H and O–H groups in total. The molecule has 2 aliphatic heterocycles. The third-order valence-corrected chi connectivity index (χ3v) is 4.64. The summed E-state index contributed by atoms with van der Waals surface area (Å²) in [5.41, 5.74) is 4.04. The predicted molar refractivity (Wildman–Crippen MR) is 77.5 cm³/mol. The minimum atomic E-state index is 0.335. The summed E-state index contributed by atoms with van der Waals surface area (Å²) in [6.07, 6.45) is 11.1. The van der Waals surface area contributed by atoms with Gasteiger partial charge in [-0.05, 0) is 35.6 Å². The Labute approximate surface area is 116 Å². The van der Waals surface area contributed by atoms with E-state index in [-0.39, 0.29) is 0 Å². The Hall–Kier alpha value is -2.16. The molecule has 0 saturated heterocycles. The first-order chi connectivity index (χ1) is 9.92. The zero-order valence-corrected chi connectivity index (χ0v) is 11.1. The van der Waals surface area contributed by atoms with Crippen LogP contribution in [0.4, 0.5) is 0 Å². The van der Waals surface area contributed by atoms with Gasteiger partial charge in [-0.2, -0.15) is 0 Å². The minimum Gasteiger partial charge on any atom is -0.454 e. The third kappa shape index (κ3) is 1.25. The number of benzene rings is 1. The van der Waals surface area contributed by atoms with Gasteiger partial charge in [0.05, 0.1) is 0 Å². The number of rotatable bonds is 0. The van der Waals surface area contributed by atoms with E-state index in [1.807, 2.05) is 0 Å². The summed E-state index contributed by atoms with van der Waals surface area (Å²) in [4.78, 5) is 0. The number of hydrogen-bond donors (Lipinski definition) is 1. The van der Waals surface area contributed by atoms with Crippen molar-refractivity contribution in [3.63, 3.8) is 0 Å². The van der Waals surface area contributed by atoms with E-state index in [1.165, 1.54) is 27.3 Å². The van der Waals surface area contributed by atoms with Crippen molar-refractivity contribution in [2.24, 2.45) is 5.92 Å². The minimum absolute atomic E-state index is 0.335. The lowest BCUT2D eigenvalue weighted by Crippen LogP contribution is -2.43. The summed E-state index contributed by atoms with van der Waals surface area (Å²) in [5, 5.41) is 6.17. The van der Waals surface area contributed by atoms with Gasteiger partial charge in [-0.1, -0.05) is 24.3 Å². The molecule has 0 saturated carbocycles. The first-order valence-electron chi connectivity index (χ1n) is 7.19. The van der Waals surface area contributed by atoms with Crippen LogP contribution < -0.4 is 25.2 Å². The van der Waals surface area contributed by atoms with Crippen LogP contribution in [0.1, 0.15) is 18.4 Å². The highest BCUT2D eigenvalue weighted by molar-refractivity contribution is 5.82. The van der Waals surface area contributed by atoms with Gasteiger partial charge >= 0.3 is 0 Å². The van der Waals surface area contributed by atoms with Gasteiger partial charge in [0.1, 0.15) is 0 Å². The van der Waals surface area contributed by atoms with E-state index in [0.717, 1.165) is 30.9 Å². The van der Waals surface area contributed by atoms with Crippen LogP contribution in [0.2, 0.25) is 0 Å². The second-order valence-electron chi connectivity index (χ2n) is 5.70. The maximum atomic E-state index is 5.78. The first kappa shape index (κ1) is 10.6. The average molecular weight is 265 g/mol. The van der Waals surface area contributed by atoms with Crippen LogP contribution in [0.25, 0.3) is 17.3 Å². The summed E-state index contributed by atoms with van der Waals surface area (Å²) in [5.74, 6) is 2.40. The fourth-order valence-electron chi connectivity index (χ4n) is 3.78. The van der Waals surface area contributed by atoms with Crippen molar-refractivity contribution in [2.75, 3.05) is 13.3 Å². The van der Waals surface area contributed by atoms with Gasteiger partial charge in [0, 0.05) is 23.0 Å². The van der Waals surface area contributed by atoms with Crippen molar-refractivity contribution in [1.29, 1.82) is 0 Å². The first-order valence-corrected chi connectivity index (χ1v) is 7.19. The highest BCUT2D eigenvalue weighted by atomic mass is 16.7. The van der Waals surface area contributed by atoms with Crippen molar-refractivity contribution < 1.29 is 9.47 Å². The van der Waals surface area contributed by atoms with Crippen molar-refractivity contribution in [3.05, 3.63) is 40.3 Å². The average Bonchev–Trinajstić information content (AvgIpc) is 2.95. The molecule has 0 aromatic heterocycles. The zero-order chi connectivity index (χ0) is 13.1. The lowest BCUT2D eigenvalue weighted by molar-refractivity contribution is 0.173. The molecule has 1 atom stereocenters. The van der Waals surface area contributed by atoms with Gasteiger partial charge in [-0.15, -0.1) is 0 Å². The molecule has 0 amide bonds. The van der Waals surface area contributed by atoms with Gasteiger partial charge in [-0.3, -0.25) is 0 Å². The number of fused-ring (bicyclic) bond motifs is 4. The van der Waals surface area contributed by atoms with Crippen LogP contribution in [0, 0.1) is 5.92 Å². The largest absolute Gasteiger partial charge is 0.454 e. The standard InChI is InChI=1S/C17H15NO2/c1-2-4-12-10(3-1)7-13-15-11(5-6-18-13)8-14-17(16(12)15)20-9-19-14/h1-2,4-5,8,10,18H,3,6-7,9H2. The van der Waals surface area contributed by atoms with E-state index in [2.05, 4.69) is 35.7 Å². The van der Waals surface area contributed by atoms with E-state index in [9.17, 15) is 0 Å². The van der Waals surface area contributed by atoms with E-state index in [4.69, 9.17) is 9.47 Å². The lowest BCUT2D eigenvalue weighted by Gasteiger charge is -2.31. The molecular formula is C17H15NO2. The molecule has 0 bridgehead atoms. The molecule has 3 heteroatoms. The van der Waals surface area contributed by atoms with Gasteiger partial charge in [-0.25, -0.2) is 0 Å². The topological polar surface area (TPSA) is 30.5 Å². The monoisotopic (exact) mass is 265 g/mol. The normalized spacial score (nSPS) is 24.3. The van der Waals surface area contributed by atoms with Crippen LogP contribution in [0.5, 0.6) is 11.5 Å². The molecule has 1 aromatic carbocycles. The summed E-state index contributed by atoms with van der Waals surface area (Å²) in [6.45, 7) is 1.24. The quantitative estimate of drug-likeness (QED) is 0.766. The summed E-state index contributed by atoms with van der Waals surface area (Å²) in [7, 11) is 0. The van der Waals surface area contributed by atoms with E-state index < -0.39 is 0 Å². The maximum Gasteiger partial charge on any atom is 0.231 e. The molecule has 5 rings (SSSR count). The molecule has 100 valence electrons. The molecule has 3 nitrogen and oxygen atoms in total. The number of nitrogens with one attached hydrogen (secondary N) is 1. The SMILES string of the molecule is C1=CCC2CC3=c4c(c5c(cc4=CCN3)OCO5)C2=C1. The van der Waals surface area contributed by atoms with Crippen LogP contribution in [-0.4, -0.2) is 13.3 Å². The number of hydrogen-bond acceptors (Lipinski definition) is 3. The molecule has 4 aliphatic rings. The van der Waals surface area contributed by atoms with Crippen molar-refractivity contribution >= 4 is 17.3 Å². The molecular weight excluding hydrogens is 250 g/mol. The van der Waals surface area contributed by atoms with Crippen LogP contribution in [0.3, 0.4) is 0 Å². The summed E-state index contributed by atoms with van der Waals surface area (Å²) >= 11 is 0. The van der Waals surface area contributed by atoms with Gasteiger partial charge in [0.25, 0.3) is 0 Å².